The van der Waals surface area contributed by atoms with Gasteiger partial charge in [0.15, 0.2) is 6.29 Å². The second-order valence-electron chi connectivity index (χ2n) is 2.44. The van der Waals surface area contributed by atoms with E-state index in [2.05, 4.69) is 20.9 Å². The molecule has 5 nitrogen and oxygen atoms in total. The predicted octanol–water partition coefficient (Wildman–Crippen LogP) is 2.50. The molecular weight excluding hydrogens is 278 g/mol. The van der Waals surface area contributed by atoms with E-state index in [1.807, 2.05) is 0 Å². The van der Waals surface area contributed by atoms with Gasteiger partial charge in [-0.1, -0.05) is 0 Å². The van der Waals surface area contributed by atoms with Crippen molar-refractivity contribution in [2.24, 2.45) is 0 Å². The number of hydrogen-bond donors (Lipinski definition) is 0. The van der Waals surface area contributed by atoms with E-state index in [1.165, 1.54) is 0 Å². The minimum Gasteiger partial charge on any atom is -0.358 e. The zero-order chi connectivity index (χ0) is 11.6. The van der Waals surface area contributed by atoms with Crippen molar-refractivity contribution >= 4 is 28.0 Å². The number of carbonyl (C=O) groups is 1. The van der Waals surface area contributed by atoms with Gasteiger partial charge in [0.05, 0.1) is 11.6 Å². The fourth-order valence-corrected chi connectivity index (χ4v) is 1.41. The summed E-state index contributed by atoms with van der Waals surface area (Å²) in [6.07, 6.45) is -2.87. The van der Waals surface area contributed by atoms with Crippen LogP contribution in [0, 0.1) is 10.1 Å². The van der Waals surface area contributed by atoms with Crippen molar-refractivity contribution < 1.29 is 18.5 Å². The fraction of sp³-hybridized carbons (Fsp3) is 0.143. The third kappa shape index (κ3) is 2.32. The normalized spacial score (nSPS) is 10.4. The molecule has 0 fully saturated rings. The second-order valence-corrected chi connectivity index (χ2v) is 3.29. The smallest absolute Gasteiger partial charge is 0.358 e. The van der Waals surface area contributed by atoms with Crippen molar-refractivity contribution in [2.75, 3.05) is 0 Å². The molecule has 0 saturated carbocycles. The highest BCUT2D eigenvalue weighted by Crippen LogP contribution is 2.28. The Bertz CT molecular complexity index is 425. The van der Waals surface area contributed by atoms with Crippen LogP contribution in [-0.4, -0.2) is 16.2 Å². The summed E-state index contributed by atoms with van der Waals surface area (Å²) in [5.74, 6) is -0.734. The zero-order valence-electron chi connectivity index (χ0n) is 6.99. The van der Waals surface area contributed by atoms with Gasteiger partial charge < -0.3 is 10.1 Å². The van der Waals surface area contributed by atoms with Crippen LogP contribution in [0.1, 0.15) is 22.5 Å². The number of carbonyl (C=O) groups excluding carboxylic acids is 1. The second kappa shape index (κ2) is 4.39. The number of nitro groups is 1. The number of halogens is 3. The third-order valence-corrected chi connectivity index (χ3v) is 2.19. The van der Waals surface area contributed by atoms with Gasteiger partial charge in [-0.25, -0.2) is 8.78 Å². The Morgan fingerprint density at radius 1 is 1.60 bits per heavy atom. The maximum Gasteiger partial charge on any atom is 0.365 e. The third-order valence-electron chi connectivity index (χ3n) is 1.54. The summed E-state index contributed by atoms with van der Waals surface area (Å²) in [4.78, 5) is 23.0. The topological polar surface area (TPSA) is 73.1 Å². The number of rotatable bonds is 3. The molecule has 0 aliphatic carbocycles. The molecular formula is C7H3BrF2N2O3. The molecule has 0 aromatic carbocycles. The average molecular weight is 281 g/mol. The molecule has 15 heavy (non-hydrogen) atoms. The number of aldehydes is 1. The fourth-order valence-electron chi connectivity index (χ4n) is 0.906. The highest BCUT2D eigenvalue weighted by Gasteiger charge is 2.26. The molecule has 0 saturated heterocycles. The van der Waals surface area contributed by atoms with Crippen molar-refractivity contribution in [3.63, 3.8) is 0 Å². The summed E-state index contributed by atoms with van der Waals surface area (Å²) < 4.78 is 24.7. The molecule has 0 radical (unpaired) electrons. The lowest BCUT2D eigenvalue weighted by atomic mass is 10.2. The van der Waals surface area contributed by atoms with Gasteiger partial charge in [0.25, 0.3) is 0 Å². The van der Waals surface area contributed by atoms with Gasteiger partial charge in [-0.05, 0) is 25.8 Å². The minimum atomic E-state index is -3.04. The van der Waals surface area contributed by atoms with Crippen LogP contribution in [0.4, 0.5) is 14.6 Å². The maximum absolute atomic E-state index is 12.4. The highest BCUT2D eigenvalue weighted by atomic mass is 79.9. The number of pyridine rings is 1. The van der Waals surface area contributed by atoms with E-state index in [4.69, 9.17) is 0 Å². The van der Waals surface area contributed by atoms with Crippen molar-refractivity contribution in [2.45, 2.75) is 6.43 Å². The summed E-state index contributed by atoms with van der Waals surface area (Å²) in [6, 6.07) is 0.898. The first-order valence-electron chi connectivity index (χ1n) is 3.55. The summed E-state index contributed by atoms with van der Waals surface area (Å²) in [5, 5.41) is 10.3. The quantitative estimate of drug-likeness (QED) is 0.484. The molecule has 0 unspecified atom stereocenters. The SMILES string of the molecule is O=Cc1c(Br)cc([N+](=O)[O-])nc1C(F)F. The van der Waals surface area contributed by atoms with Gasteiger partial charge in [-0.15, -0.1) is 0 Å². The van der Waals surface area contributed by atoms with E-state index >= 15 is 0 Å². The van der Waals surface area contributed by atoms with E-state index in [0.717, 1.165) is 6.07 Å². The van der Waals surface area contributed by atoms with Crippen LogP contribution < -0.4 is 0 Å². The van der Waals surface area contributed by atoms with E-state index < -0.39 is 22.9 Å². The molecule has 1 rings (SSSR count). The molecule has 0 atom stereocenters. The first-order valence-corrected chi connectivity index (χ1v) is 4.34. The van der Waals surface area contributed by atoms with E-state index in [-0.39, 0.29) is 16.3 Å². The molecule has 1 aromatic rings. The molecule has 0 spiro atoms. The van der Waals surface area contributed by atoms with Crippen LogP contribution in [-0.2, 0) is 0 Å². The average Bonchev–Trinajstić information content (AvgIpc) is 2.16. The minimum absolute atomic E-state index is 0.0745. The van der Waals surface area contributed by atoms with Gasteiger partial charge in [0.2, 0.25) is 5.69 Å². The predicted molar refractivity (Wildman–Crippen MR) is 48.9 cm³/mol. The van der Waals surface area contributed by atoms with Gasteiger partial charge >= 0.3 is 12.2 Å². The van der Waals surface area contributed by atoms with Crippen LogP contribution in [0.15, 0.2) is 10.5 Å². The lowest BCUT2D eigenvalue weighted by Crippen LogP contribution is -2.02. The molecule has 0 aliphatic rings. The molecule has 0 N–H and O–H groups in total. The van der Waals surface area contributed by atoms with Gasteiger partial charge in [-0.2, -0.15) is 0 Å². The Hall–Kier alpha value is -1.44. The van der Waals surface area contributed by atoms with Crippen molar-refractivity contribution in [3.8, 4) is 0 Å². The Labute approximate surface area is 90.4 Å². The van der Waals surface area contributed by atoms with Crippen LogP contribution in [0.25, 0.3) is 0 Å². The van der Waals surface area contributed by atoms with Crippen LogP contribution >= 0.6 is 15.9 Å². The Morgan fingerprint density at radius 3 is 2.60 bits per heavy atom. The Balaban J connectivity index is 3.45. The van der Waals surface area contributed by atoms with Crippen LogP contribution in [0.3, 0.4) is 0 Å². The zero-order valence-corrected chi connectivity index (χ0v) is 8.57. The van der Waals surface area contributed by atoms with Crippen molar-refractivity contribution in [3.05, 3.63) is 31.9 Å². The molecule has 0 aliphatic heterocycles. The van der Waals surface area contributed by atoms with Gasteiger partial charge in [0.1, 0.15) is 0 Å². The summed E-state index contributed by atoms with van der Waals surface area (Å²) in [7, 11) is 0. The lowest BCUT2D eigenvalue weighted by molar-refractivity contribution is -0.389. The number of hydrogen-bond acceptors (Lipinski definition) is 4. The van der Waals surface area contributed by atoms with Gasteiger partial charge in [0, 0.05) is 4.47 Å². The van der Waals surface area contributed by atoms with E-state index in [0.29, 0.717) is 0 Å². The highest BCUT2D eigenvalue weighted by molar-refractivity contribution is 9.10. The first kappa shape index (κ1) is 11.6. The molecule has 1 heterocycles. The number of aromatic nitrogens is 1. The maximum atomic E-state index is 12.4. The molecule has 0 amide bonds. The molecule has 0 bridgehead atoms. The summed E-state index contributed by atoms with van der Waals surface area (Å²) >= 11 is 2.79. The first-order chi connectivity index (χ1) is 6.97. The lowest BCUT2D eigenvalue weighted by Gasteiger charge is -2.01. The Kier molecular flexibility index (Phi) is 3.40. The molecule has 8 heteroatoms. The van der Waals surface area contributed by atoms with Gasteiger partial charge in [-0.3, -0.25) is 4.79 Å². The van der Waals surface area contributed by atoms with E-state index in [9.17, 15) is 23.7 Å². The van der Waals surface area contributed by atoms with Crippen LogP contribution in [0.2, 0.25) is 0 Å². The standard InChI is InChI=1S/C7H3BrF2N2O3/c8-4-1-5(12(14)15)11-6(7(9)10)3(4)2-13/h1-2,7H. The summed E-state index contributed by atoms with van der Waals surface area (Å²) in [6.45, 7) is 0. The Morgan fingerprint density at radius 2 is 2.20 bits per heavy atom. The van der Waals surface area contributed by atoms with E-state index in [1.54, 1.807) is 0 Å². The number of nitrogens with zero attached hydrogens (tertiary/aromatic N) is 2. The molecule has 1 aromatic heterocycles. The van der Waals surface area contributed by atoms with Crippen molar-refractivity contribution in [1.29, 1.82) is 0 Å². The molecule has 80 valence electrons. The monoisotopic (exact) mass is 280 g/mol. The summed E-state index contributed by atoms with van der Waals surface area (Å²) in [5.41, 5.74) is -1.28. The van der Waals surface area contributed by atoms with Crippen molar-refractivity contribution in [1.82, 2.24) is 4.98 Å². The largest absolute Gasteiger partial charge is 0.365 e. The number of alkyl halides is 2. The van der Waals surface area contributed by atoms with Crippen LogP contribution in [0.5, 0.6) is 0 Å².